The Bertz CT molecular complexity index is 526. The van der Waals surface area contributed by atoms with Gasteiger partial charge in [0.15, 0.2) is 0 Å². The van der Waals surface area contributed by atoms with E-state index in [1.807, 2.05) is 11.3 Å². The van der Waals surface area contributed by atoms with E-state index in [2.05, 4.69) is 47.1 Å². The first kappa shape index (κ1) is 11.4. The van der Waals surface area contributed by atoms with Gasteiger partial charge in [-0.15, -0.1) is 11.3 Å². The number of aromatic nitrogens is 1. The van der Waals surface area contributed by atoms with Gasteiger partial charge in [-0.25, -0.2) is 4.98 Å². The molecule has 1 saturated carbocycles. The lowest BCUT2D eigenvalue weighted by Crippen LogP contribution is -2.07. The second-order valence-electron chi connectivity index (χ2n) is 4.59. The topological polar surface area (TPSA) is 12.9 Å². The number of hydrogen-bond donors (Lipinski definition) is 0. The predicted octanol–water partition coefficient (Wildman–Crippen LogP) is 5.15. The minimum Gasteiger partial charge on any atom is -0.241 e. The molecule has 1 aliphatic carbocycles. The van der Waals surface area contributed by atoms with E-state index in [0.717, 1.165) is 10.4 Å². The number of rotatable bonds is 2. The van der Waals surface area contributed by atoms with Crippen molar-refractivity contribution in [3.63, 3.8) is 0 Å². The molecule has 1 heterocycles. The van der Waals surface area contributed by atoms with Crippen LogP contribution in [0, 0.1) is 6.92 Å². The Balaban J connectivity index is 1.96. The molecule has 0 unspecified atom stereocenters. The Morgan fingerprint density at radius 1 is 1.24 bits per heavy atom. The summed E-state index contributed by atoms with van der Waals surface area (Å²) in [6, 6.07) is 8.43. The van der Waals surface area contributed by atoms with Gasteiger partial charge in [-0.2, -0.15) is 0 Å². The van der Waals surface area contributed by atoms with Gasteiger partial charge >= 0.3 is 0 Å². The first-order valence-electron chi connectivity index (χ1n) is 5.97. The molecule has 0 atom stereocenters. The van der Waals surface area contributed by atoms with E-state index in [1.54, 1.807) is 0 Å². The molecule has 0 saturated heterocycles. The molecule has 0 spiro atoms. The Morgan fingerprint density at radius 2 is 1.94 bits per heavy atom. The lowest BCUT2D eigenvalue weighted by molar-refractivity contribution is 0.418. The van der Waals surface area contributed by atoms with Crippen molar-refractivity contribution in [3.05, 3.63) is 38.6 Å². The highest BCUT2D eigenvalue weighted by atomic mass is 79.9. The first-order valence-corrected chi connectivity index (χ1v) is 7.58. The van der Waals surface area contributed by atoms with Crippen LogP contribution in [0.1, 0.15) is 35.1 Å². The fraction of sp³-hybridized carbons (Fsp3) is 0.357. The lowest BCUT2D eigenvalue weighted by Gasteiger charge is -2.22. The SMILES string of the molecule is Cc1sc(C2CCC2)nc1-c1ccc(Br)cc1. The number of benzene rings is 1. The van der Waals surface area contributed by atoms with Gasteiger partial charge in [0.1, 0.15) is 0 Å². The molecule has 88 valence electrons. The number of thiazole rings is 1. The highest BCUT2D eigenvalue weighted by molar-refractivity contribution is 9.10. The quantitative estimate of drug-likeness (QED) is 0.748. The van der Waals surface area contributed by atoms with Crippen LogP contribution < -0.4 is 0 Å². The summed E-state index contributed by atoms with van der Waals surface area (Å²) in [5, 5.41) is 1.34. The molecular formula is C14H14BrNS. The van der Waals surface area contributed by atoms with Crippen LogP contribution in [0.15, 0.2) is 28.7 Å². The van der Waals surface area contributed by atoms with Crippen LogP contribution in [0.25, 0.3) is 11.3 Å². The second-order valence-corrected chi connectivity index (χ2v) is 6.74. The summed E-state index contributed by atoms with van der Waals surface area (Å²) in [5.41, 5.74) is 2.40. The average molecular weight is 308 g/mol. The van der Waals surface area contributed by atoms with Crippen molar-refractivity contribution >= 4 is 27.3 Å². The van der Waals surface area contributed by atoms with Crippen molar-refractivity contribution in [3.8, 4) is 11.3 Å². The van der Waals surface area contributed by atoms with Crippen molar-refractivity contribution < 1.29 is 0 Å². The summed E-state index contributed by atoms with van der Waals surface area (Å²) in [5.74, 6) is 0.739. The molecule has 0 aliphatic heterocycles. The number of nitrogens with zero attached hydrogens (tertiary/aromatic N) is 1. The highest BCUT2D eigenvalue weighted by Gasteiger charge is 2.23. The van der Waals surface area contributed by atoms with E-state index in [9.17, 15) is 0 Å². The molecule has 0 N–H and O–H groups in total. The van der Waals surface area contributed by atoms with Crippen LogP contribution in [0.5, 0.6) is 0 Å². The van der Waals surface area contributed by atoms with Gasteiger partial charge in [-0.1, -0.05) is 34.5 Å². The summed E-state index contributed by atoms with van der Waals surface area (Å²) in [4.78, 5) is 6.18. The maximum absolute atomic E-state index is 4.83. The maximum Gasteiger partial charge on any atom is 0.0966 e. The molecule has 17 heavy (non-hydrogen) atoms. The molecule has 1 aromatic heterocycles. The molecule has 1 aromatic carbocycles. The molecule has 0 radical (unpaired) electrons. The molecule has 2 aromatic rings. The van der Waals surface area contributed by atoms with Crippen LogP contribution in [0.2, 0.25) is 0 Å². The first-order chi connectivity index (χ1) is 8.24. The Hall–Kier alpha value is -0.670. The lowest BCUT2D eigenvalue weighted by atomic mass is 9.86. The third-order valence-electron chi connectivity index (χ3n) is 3.39. The van der Waals surface area contributed by atoms with Crippen LogP contribution in [0.3, 0.4) is 0 Å². The summed E-state index contributed by atoms with van der Waals surface area (Å²) >= 11 is 5.34. The van der Waals surface area contributed by atoms with E-state index >= 15 is 0 Å². The molecule has 1 aliphatic rings. The van der Waals surface area contributed by atoms with Crippen molar-refractivity contribution in [2.45, 2.75) is 32.1 Å². The van der Waals surface area contributed by atoms with E-state index in [-0.39, 0.29) is 0 Å². The summed E-state index contributed by atoms with van der Waals surface area (Å²) in [7, 11) is 0. The largest absolute Gasteiger partial charge is 0.241 e. The van der Waals surface area contributed by atoms with Gasteiger partial charge in [-0.3, -0.25) is 0 Å². The van der Waals surface area contributed by atoms with Gasteiger partial charge in [0.05, 0.1) is 10.7 Å². The normalized spacial score (nSPS) is 15.9. The van der Waals surface area contributed by atoms with Gasteiger partial charge in [0.2, 0.25) is 0 Å². The van der Waals surface area contributed by atoms with Crippen molar-refractivity contribution in [2.75, 3.05) is 0 Å². The summed E-state index contributed by atoms with van der Waals surface area (Å²) < 4.78 is 1.12. The molecule has 0 bridgehead atoms. The number of aryl methyl sites for hydroxylation is 1. The van der Waals surface area contributed by atoms with E-state index < -0.39 is 0 Å². The fourth-order valence-corrected chi connectivity index (χ4v) is 3.50. The standard InChI is InChI=1S/C14H14BrNS/c1-9-13(10-5-7-12(15)8-6-10)16-14(17-9)11-3-2-4-11/h5-8,11H,2-4H2,1H3. The van der Waals surface area contributed by atoms with E-state index in [1.165, 1.54) is 40.4 Å². The number of halogens is 1. The molecule has 1 fully saturated rings. The maximum atomic E-state index is 4.83. The third-order valence-corrected chi connectivity index (χ3v) is 5.05. The molecule has 3 rings (SSSR count). The van der Waals surface area contributed by atoms with Crippen LogP contribution in [0.4, 0.5) is 0 Å². The second kappa shape index (κ2) is 4.54. The zero-order chi connectivity index (χ0) is 11.8. The number of hydrogen-bond acceptors (Lipinski definition) is 2. The van der Waals surface area contributed by atoms with E-state index in [4.69, 9.17) is 4.98 Å². The average Bonchev–Trinajstić information content (AvgIpc) is 2.59. The minimum atomic E-state index is 0.739. The Labute approximate surface area is 114 Å². The van der Waals surface area contributed by atoms with Crippen LogP contribution in [-0.4, -0.2) is 4.98 Å². The fourth-order valence-electron chi connectivity index (χ4n) is 2.12. The molecule has 3 heteroatoms. The van der Waals surface area contributed by atoms with Crippen molar-refractivity contribution in [1.82, 2.24) is 4.98 Å². The van der Waals surface area contributed by atoms with Crippen LogP contribution in [-0.2, 0) is 0 Å². The third kappa shape index (κ3) is 2.18. The molecular weight excluding hydrogens is 294 g/mol. The monoisotopic (exact) mass is 307 g/mol. The highest BCUT2D eigenvalue weighted by Crippen LogP contribution is 2.40. The zero-order valence-corrected chi connectivity index (χ0v) is 12.1. The van der Waals surface area contributed by atoms with Gasteiger partial charge in [0.25, 0.3) is 0 Å². The Morgan fingerprint density at radius 3 is 2.53 bits per heavy atom. The van der Waals surface area contributed by atoms with Gasteiger partial charge in [-0.05, 0) is 31.9 Å². The van der Waals surface area contributed by atoms with Gasteiger partial charge < -0.3 is 0 Å². The van der Waals surface area contributed by atoms with E-state index in [0.29, 0.717) is 0 Å². The summed E-state index contributed by atoms with van der Waals surface area (Å²) in [6.45, 7) is 2.18. The molecule has 0 amide bonds. The van der Waals surface area contributed by atoms with Crippen LogP contribution >= 0.6 is 27.3 Å². The van der Waals surface area contributed by atoms with Crippen molar-refractivity contribution in [2.24, 2.45) is 0 Å². The predicted molar refractivity (Wildman–Crippen MR) is 76.6 cm³/mol. The van der Waals surface area contributed by atoms with Crippen molar-refractivity contribution in [1.29, 1.82) is 0 Å². The minimum absolute atomic E-state index is 0.739. The smallest absolute Gasteiger partial charge is 0.0966 e. The zero-order valence-electron chi connectivity index (χ0n) is 9.74. The molecule has 1 nitrogen and oxygen atoms in total. The Kier molecular flexibility index (Phi) is 3.05. The summed E-state index contributed by atoms with van der Waals surface area (Å²) in [6.07, 6.45) is 4.02. The van der Waals surface area contributed by atoms with Gasteiger partial charge in [0, 0.05) is 20.8 Å².